The molecule has 0 amide bonds. The van der Waals surface area contributed by atoms with Crippen molar-refractivity contribution < 1.29 is 37.4 Å². The van der Waals surface area contributed by atoms with Gasteiger partial charge in [-0.05, 0) is 152 Å². The highest BCUT2D eigenvalue weighted by molar-refractivity contribution is 14.1. The van der Waals surface area contributed by atoms with Crippen LogP contribution in [0.25, 0.3) is 63.8 Å². The molecule has 24 heteroatoms. The summed E-state index contributed by atoms with van der Waals surface area (Å²) in [5, 5.41) is 6.53. The fourth-order valence-electron chi connectivity index (χ4n) is 9.15. The van der Waals surface area contributed by atoms with E-state index in [-0.39, 0.29) is 50.8 Å². The van der Waals surface area contributed by atoms with E-state index >= 15 is 0 Å². The molecule has 0 radical (unpaired) electrons. The van der Waals surface area contributed by atoms with Gasteiger partial charge in [-0.25, -0.2) is 47.8 Å². The van der Waals surface area contributed by atoms with Crippen molar-refractivity contribution in [2.24, 2.45) is 43.2 Å². The highest BCUT2D eigenvalue weighted by atomic mass is 127. The number of aryl methyl sites for hydroxylation is 4. The number of H-pyrrole nitrogens is 3. The van der Waals surface area contributed by atoms with Gasteiger partial charge in [0.15, 0.2) is 11.1 Å². The van der Waals surface area contributed by atoms with Crippen LogP contribution in [-0.4, -0.2) is 81.1 Å². The number of carbonyl (C=O) groups is 4. The fraction of sp³-hybridized carbons (Fsp3) is 0.271. The van der Waals surface area contributed by atoms with Gasteiger partial charge in [-0.2, -0.15) is 0 Å². The first-order valence-corrected chi connectivity index (χ1v) is 35.6. The maximum absolute atomic E-state index is 9.99. The van der Waals surface area contributed by atoms with Crippen molar-refractivity contribution in [3.05, 3.63) is 159 Å². The van der Waals surface area contributed by atoms with Crippen molar-refractivity contribution in [2.75, 3.05) is 26.6 Å². The number of nitrogens with two attached hydrogens (primary N) is 2. The first-order chi connectivity index (χ1) is 44.0. The molecule has 6 aromatic carbocycles. The molecule has 6 aromatic heterocycles. The summed E-state index contributed by atoms with van der Waals surface area (Å²) in [6.07, 6.45) is 1.56. The Kier molecular flexibility index (Phi) is 34.1. The number of imidazole rings is 3. The number of alkyl halides is 2. The number of hydrogen-bond donors (Lipinski definition) is 6. The lowest BCUT2D eigenvalue weighted by Crippen LogP contribution is -2.33. The molecule has 0 aliphatic carbocycles. The van der Waals surface area contributed by atoms with E-state index in [1.807, 2.05) is 111 Å². The minimum Gasteiger partial charge on any atom is -0.375 e. The van der Waals surface area contributed by atoms with Crippen LogP contribution in [-0.2, 0) is 47.4 Å². The van der Waals surface area contributed by atoms with Crippen molar-refractivity contribution in [2.45, 2.75) is 88.1 Å². The molecule has 19 nitrogen and oxygen atoms in total. The average molecular weight is 1550 g/mol. The van der Waals surface area contributed by atoms with E-state index in [1.54, 1.807) is 22.7 Å². The molecule has 12 rings (SSSR count). The van der Waals surface area contributed by atoms with Crippen LogP contribution in [0.2, 0.25) is 0 Å². The van der Waals surface area contributed by atoms with Gasteiger partial charge in [0, 0.05) is 6.42 Å². The van der Waals surface area contributed by atoms with Crippen molar-refractivity contribution in [1.29, 1.82) is 0 Å². The molecular formula is C70H89I2N15O4S3+6. The summed E-state index contributed by atoms with van der Waals surface area (Å²) in [6.45, 7) is 17.2. The van der Waals surface area contributed by atoms with Gasteiger partial charge in [0.1, 0.15) is 88.5 Å². The summed E-state index contributed by atoms with van der Waals surface area (Å²) in [7, 11) is 8.25. The largest absolute Gasteiger partial charge is 0.396 e. The third-order valence-electron chi connectivity index (χ3n) is 13.1. The van der Waals surface area contributed by atoms with Crippen LogP contribution in [0.15, 0.2) is 161 Å². The molecule has 6 heterocycles. The minimum absolute atomic E-state index is 0. The smallest absolute Gasteiger partial charge is 0.375 e. The summed E-state index contributed by atoms with van der Waals surface area (Å²) < 4.78 is 12.3. The molecule has 0 aliphatic heterocycles. The highest BCUT2D eigenvalue weighted by Crippen LogP contribution is 2.28. The number of ketones is 4. The summed E-state index contributed by atoms with van der Waals surface area (Å²) in [5.41, 5.74) is 23.9. The lowest BCUT2D eigenvalue weighted by Gasteiger charge is -2.06. The van der Waals surface area contributed by atoms with Crippen LogP contribution in [0, 0.1) is 13.8 Å². The molecule has 94 heavy (non-hydrogen) atoms. The number of fused-ring (bicyclic) bond motifs is 6. The summed E-state index contributed by atoms with van der Waals surface area (Å²) in [5.74, 6) is 1.29. The molecule has 12 aromatic rings. The Hall–Kier alpha value is -8.31. The lowest BCUT2D eigenvalue weighted by atomic mass is 10.2. The van der Waals surface area contributed by atoms with Crippen molar-refractivity contribution in [3.8, 4) is 0 Å². The van der Waals surface area contributed by atoms with Crippen molar-refractivity contribution in [3.63, 3.8) is 0 Å². The molecule has 1 unspecified atom stereocenters. The number of nitrogens with zero attached hydrogens (tertiary/aromatic N) is 9. The summed E-state index contributed by atoms with van der Waals surface area (Å²) >= 11 is 9.36. The minimum atomic E-state index is -0.312. The number of aromatic amines is 3. The Morgan fingerprint density at radius 1 is 0.500 bits per heavy atom. The van der Waals surface area contributed by atoms with Crippen molar-refractivity contribution >= 4 is 216 Å². The normalized spacial score (nSPS) is 11.1. The molecule has 8 N–H and O–H groups in total. The van der Waals surface area contributed by atoms with Crippen LogP contribution in [0.1, 0.15) is 82.1 Å². The molecular weight excluding hydrogens is 1460 g/mol. The average Bonchev–Trinajstić information content (AvgIpc) is 1.76. The van der Waals surface area contributed by atoms with Gasteiger partial charge < -0.3 is 16.5 Å². The third-order valence-corrected chi connectivity index (χ3v) is 16.2. The molecule has 0 bridgehead atoms. The number of anilines is 3. The van der Waals surface area contributed by atoms with Gasteiger partial charge in [-0.1, -0.05) is 154 Å². The Bertz CT molecular complexity index is 4240. The second kappa shape index (κ2) is 40.1. The van der Waals surface area contributed by atoms with Gasteiger partial charge >= 0.3 is 33.7 Å². The SMILES string of the molecule is C.C.CC(CC(C)=Nc1[nH]c2ccccc2[n+]1C)=Nc1[nH]c2ccccc2[n+]1C.CC(CC(C)Nc1sc2ccccc2[n+]1C)=Nc1sc2ccccc2[n+]1C.CI.CI.Nc1nc2ccccc2[nH]1.Nc1nc2ccccc2s1.[CH2+]C(=O)CC(C)=O.[CH2+]C(=O)CC(C)=O. The zero-order valence-electron chi connectivity index (χ0n) is 54.0. The molecule has 1 atom stereocenters. The van der Waals surface area contributed by atoms with E-state index in [9.17, 15) is 19.2 Å². The highest BCUT2D eigenvalue weighted by Gasteiger charge is 2.22. The zero-order valence-corrected chi connectivity index (χ0v) is 60.7. The Morgan fingerprint density at radius 3 is 1.34 bits per heavy atom. The van der Waals surface area contributed by atoms with Crippen LogP contribution in [0.3, 0.4) is 0 Å². The molecule has 0 fully saturated rings. The van der Waals surface area contributed by atoms with Crippen LogP contribution in [0.4, 0.5) is 33.2 Å². The maximum Gasteiger partial charge on any atom is 0.396 e. The Labute approximate surface area is 591 Å². The number of nitrogen functional groups attached to an aromatic ring is 2. The first-order valence-electron chi connectivity index (χ1n) is 28.9. The number of aliphatic imine (C=N–C) groups is 3. The first kappa shape index (κ1) is 79.9. The number of rotatable bonds is 13. The number of nitrogens with one attached hydrogen (secondary N) is 4. The van der Waals surface area contributed by atoms with E-state index in [0.717, 1.165) is 83.9 Å². The predicted molar refractivity (Wildman–Crippen MR) is 415 cm³/mol. The van der Waals surface area contributed by atoms with Gasteiger partial charge in [0.25, 0.3) is 0 Å². The monoisotopic (exact) mass is 1550 g/mol. The number of carbonyl (C=O) groups excluding carboxylic acids is 4. The molecule has 0 saturated heterocycles. The molecule has 0 aliphatic rings. The van der Waals surface area contributed by atoms with Gasteiger partial charge in [-0.15, -0.1) is 0 Å². The van der Waals surface area contributed by atoms with Crippen molar-refractivity contribution in [1.82, 2.24) is 24.9 Å². The van der Waals surface area contributed by atoms with E-state index in [1.165, 1.54) is 50.7 Å². The van der Waals surface area contributed by atoms with E-state index in [4.69, 9.17) is 26.4 Å². The second-order valence-electron chi connectivity index (χ2n) is 20.9. The summed E-state index contributed by atoms with van der Waals surface area (Å²) in [6, 6.07) is 49.4. The number of thiazole rings is 3. The fourth-order valence-corrected chi connectivity index (χ4v) is 12.1. The van der Waals surface area contributed by atoms with Crippen LogP contribution >= 0.6 is 79.2 Å². The van der Waals surface area contributed by atoms with Gasteiger partial charge in [-0.3, -0.25) is 14.9 Å². The summed E-state index contributed by atoms with van der Waals surface area (Å²) in [4.78, 5) is 76.0. The molecule has 494 valence electrons. The number of para-hydroxylation sites is 9. The maximum atomic E-state index is 9.99. The molecule has 0 spiro atoms. The number of aromatic nitrogens is 9. The quantitative estimate of drug-likeness (QED) is 0.0160. The number of Topliss-reactive ketones (excluding diaryl/α,β-unsaturated/α-hetero) is 4. The number of hydrogen-bond acceptors (Lipinski definition) is 15. The Balaban J connectivity index is 0.000000316. The second-order valence-corrected chi connectivity index (χ2v) is 24.0. The number of halogens is 2. The van der Waals surface area contributed by atoms with Crippen LogP contribution < -0.4 is 35.1 Å². The Morgan fingerprint density at radius 2 is 0.915 bits per heavy atom. The van der Waals surface area contributed by atoms with Crippen LogP contribution in [0.5, 0.6) is 0 Å². The lowest BCUT2D eigenvalue weighted by molar-refractivity contribution is -0.631. The number of benzene rings is 6. The topological polar surface area (TPSA) is 258 Å². The zero-order chi connectivity index (χ0) is 67.6. The third kappa shape index (κ3) is 24.2. The molecule has 0 saturated carbocycles. The van der Waals surface area contributed by atoms with Gasteiger partial charge in [0.2, 0.25) is 0 Å². The predicted octanol–water partition coefficient (Wildman–Crippen LogP) is 15.5. The van der Waals surface area contributed by atoms with E-state index in [0.29, 0.717) is 23.5 Å². The van der Waals surface area contributed by atoms with E-state index < -0.39 is 0 Å². The van der Waals surface area contributed by atoms with E-state index in [2.05, 4.69) is 208 Å². The standard InChI is InChI=1S/C21H22N6.C21H23N4S2.C7H7N3.C7H6N2S.2C5H7O2.2CH3I.2CH4/c1-14(22-20-24-16-9-5-7-11-18(16)26(20)3)13-15(2)23-21-25-17-10-6-8-12-19(17)27(21)4;1-14(22-20-24(3)16-9-5-7-11-18(16)26-20)13-15(2)23-21-25(4)17-10-6-8-12-19(17)27-21;2*8-7-9-5-3-1-2-4-6(5)10-7;2*1-4(6)3-5(2)7;2*1-2;;/h5-12H,13H2,1-4H3;5-12,14H,13H2,1-4H3;1-4H,(H3,8,9,10);1-4H,(H2,8,9);2*1,3H2,2H3;2*1H3;2*1H4/q;+1;;;2*+1;;;;/p+3. The van der Waals surface area contributed by atoms with Gasteiger partial charge in [0.05, 0.1) is 71.3 Å².